The van der Waals surface area contributed by atoms with Crippen LogP contribution < -0.4 is 10.5 Å². The predicted molar refractivity (Wildman–Crippen MR) is 89.9 cm³/mol. The lowest BCUT2D eigenvalue weighted by molar-refractivity contribution is 0.256. The quantitative estimate of drug-likeness (QED) is 0.704. The van der Waals surface area contributed by atoms with Crippen LogP contribution >= 0.6 is 12.2 Å². The first-order chi connectivity index (χ1) is 9.79. The molecule has 0 spiro atoms. The van der Waals surface area contributed by atoms with Crippen molar-refractivity contribution in [2.45, 2.75) is 31.2 Å². The highest BCUT2D eigenvalue weighted by Gasteiger charge is 2.19. The zero-order valence-electron chi connectivity index (χ0n) is 12.7. The first-order valence-corrected chi connectivity index (χ1v) is 8.77. The van der Waals surface area contributed by atoms with Crippen molar-refractivity contribution in [3.05, 3.63) is 29.8 Å². The molecule has 5 nitrogen and oxygen atoms in total. The summed E-state index contributed by atoms with van der Waals surface area (Å²) in [5.74, 6) is 0. The van der Waals surface area contributed by atoms with Gasteiger partial charge in [-0.3, -0.25) is 0 Å². The Labute approximate surface area is 132 Å². The number of rotatable bonds is 8. The molecule has 0 aliphatic carbocycles. The van der Waals surface area contributed by atoms with Gasteiger partial charge in [-0.25, -0.2) is 13.1 Å². The molecule has 21 heavy (non-hydrogen) atoms. The topological polar surface area (TPSA) is 75.4 Å². The number of nitrogens with two attached hydrogens (primary N) is 1. The summed E-state index contributed by atoms with van der Waals surface area (Å²) in [6.45, 7) is 5.19. The predicted octanol–water partition coefficient (Wildman–Crippen LogP) is 1.33. The van der Waals surface area contributed by atoms with Gasteiger partial charge in [0.2, 0.25) is 10.0 Å². The van der Waals surface area contributed by atoms with Gasteiger partial charge >= 0.3 is 0 Å². The van der Waals surface area contributed by atoms with Crippen LogP contribution in [-0.2, 0) is 10.0 Å². The number of nitrogens with one attached hydrogen (secondary N) is 1. The van der Waals surface area contributed by atoms with E-state index in [-0.39, 0.29) is 9.88 Å². The lowest BCUT2D eigenvalue weighted by Crippen LogP contribution is -2.37. The van der Waals surface area contributed by atoms with E-state index in [1.165, 1.54) is 6.07 Å². The summed E-state index contributed by atoms with van der Waals surface area (Å²) in [5.41, 5.74) is 5.95. The first kappa shape index (κ1) is 18.0. The van der Waals surface area contributed by atoms with Gasteiger partial charge in [0, 0.05) is 24.7 Å². The third-order valence-electron chi connectivity index (χ3n) is 3.54. The van der Waals surface area contributed by atoms with E-state index in [1.807, 2.05) is 7.05 Å². The summed E-state index contributed by atoms with van der Waals surface area (Å²) in [4.78, 5) is 2.32. The van der Waals surface area contributed by atoms with Crippen LogP contribution in [0.5, 0.6) is 0 Å². The van der Waals surface area contributed by atoms with E-state index < -0.39 is 10.0 Å². The van der Waals surface area contributed by atoms with Crippen molar-refractivity contribution >= 4 is 27.2 Å². The number of benzene rings is 1. The Hall–Kier alpha value is -1.02. The Bertz CT molecular complexity index is 588. The maximum Gasteiger partial charge on any atom is 0.241 e. The maximum atomic E-state index is 12.3. The van der Waals surface area contributed by atoms with E-state index in [1.54, 1.807) is 18.2 Å². The van der Waals surface area contributed by atoms with E-state index in [0.717, 1.165) is 6.42 Å². The molecule has 3 N–H and O–H groups in total. The molecule has 1 unspecified atom stereocenters. The molecule has 0 aliphatic heterocycles. The van der Waals surface area contributed by atoms with Gasteiger partial charge in [-0.15, -0.1) is 0 Å². The minimum Gasteiger partial charge on any atom is -0.389 e. The number of hydrogen-bond acceptors (Lipinski definition) is 4. The van der Waals surface area contributed by atoms with E-state index in [2.05, 4.69) is 23.5 Å². The van der Waals surface area contributed by atoms with Crippen LogP contribution in [0, 0.1) is 0 Å². The molecule has 0 saturated heterocycles. The number of nitrogens with zero attached hydrogens (tertiary/aromatic N) is 1. The monoisotopic (exact) mass is 329 g/mol. The molecule has 0 heterocycles. The van der Waals surface area contributed by atoms with Crippen LogP contribution in [0.15, 0.2) is 29.2 Å². The zero-order chi connectivity index (χ0) is 16.0. The smallest absolute Gasteiger partial charge is 0.241 e. The van der Waals surface area contributed by atoms with Crippen molar-refractivity contribution in [3.8, 4) is 0 Å². The summed E-state index contributed by atoms with van der Waals surface area (Å²) in [6, 6.07) is 6.90. The Morgan fingerprint density at radius 1 is 1.43 bits per heavy atom. The van der Waals surface area contributed by atoms with Crippen LogP contribution in [0.4, 0.5) is 0 Å². The summed E-state index contributed by atoms with van der Waals surface area (Å²) in [6.07, 6.45) is 1.02. The van der Waals surface area contributed by atoms with Crippen molar-refractivity contribution in [2.75, 3.05) is 20.1 Å². The summed E-state index contributed by atoms with van der Waals surface area (Å²) in [7, 11) is -1.63. The summed E-state index contributed by atoms with van der Waals surface area (Å²) < 4.78 is 27.3. The van der Waals surface area contributed by atoms with Gasteiger partial charge in [-0.2, -0.15) is 0 Å². The lowest BCUT2D eigenvalue weighted by Gasteiger charge is -2.23. The van der Waals surface area contributed by atoms with E-state index >= 15 is 0 Å². The standard InChI is InChI=1S/C14H23N3O2S2/c1-4-11(2)17(3)10-9-16-21(18,19)13-8-6-5-7-12(13)14(15)20/h5-8,11,16H,4,9-10H2,1-3H3,(H2,15,20). The first-order valence-electron chi connectivity index (χ1n) is 6.88. The molecule has 0 radical (unpaired) electrons. The van der Waals surface area contributed by atoms with Crippen LogP contribution in [0.2, 0.25) is 0 Å². The SMILES string of the molecule is CCC(C)N(C)CCNS(=O)(=O)c1ccccc1C(N)=S. The molecule has 1 aromatic rings. The average molecular weight is 329 g/mol. The highest BCUT2D eigenvalue weighted by atomic mass is 32.2. The molecule has 0 bridgehead atoms. The third kappa shape index (κ3) is 5.03. The van der Waals surface area contributed by atoms with Gasteiger partial charge in [0.1, 0.15) is 4.99 Å². The Morgan fingerprint density at radius 3 is 2.62 bits per heavy atom. The van der Waals surface area contributed by atoms with Crippen LogP contribution in [0.1, 0.15) is 25.8 Å². The van der Waals surface area contributed by atoms with Crippen LogP contribution in [0.3, 0.4) is 0 Å². The van der Waals surface area contributed by atoms with Crippen molar-refractivity contribution in [1.29, 1.82) is 0 Å². The van der Waals surface area contributed by atoms with Crippen molar-refractivity contribution < 1.29 is 8.42 Å². The van der Waals surface area contributed by atoms with Gasteiger partial charge in [0.25, 0.3) is 0 Å². The Balaban J connectivity index is 2.77. The molecule has 0 aromatic heterocycles. The lowest BCUT2D eigenvalue weighted by atomic mass is 10.2. The van der Waals surface area contributed by atoms with Crippen LogP contribution in [0.25, 0.3) is 0 Å². The Kier molecular flexibility index (Phi) is 6.73. The fourth-order valence-electron chi connectivity index (χ4n) is 1.87. The summed E-state index contributed by atoms with van der Waals surface area (Å²) >= 11 is 4.90. The molecule has 0 aliphatic rings. The molecule has 1 rings (SSSR count). The van der Waals surface area contributed by atoms with E-state index in [9.17, 15) is 8.42 Å². The second-order valence-corrected chi connectivity index (χ2v) is 7.17. The van der Waals surface area contributed by atoms with Crippen molar-refractivity contribution in [3.63, 3.8) is 0 Å². The van der Waals surface area contributed by atoms with Gasteiger partial charge in [0.15, 0.2) is 0 Å². The normalized spacial score (nSPS) is 13.3. The number of hydrogen-bond donors (Lipinski definition) is 2. The van der Waals surface area contributed by atoms with Crippen LogP contribution in [-0.4, -0.2) is 44.5 Å². The fourth-order valence-corrected chi connectivity index (χ4v) is 3.35. The fraction of sp³-hybridized carbons (Fsp3) is 0.500. The third-order valence-corrected chi connectivity index (χ3v) is 5.28. The molecule has 7 heteroatoms. The van der Waals surface area contributed by atoms with Crippen molar-refractivity contribution in [2.24, 2.45) is 5.73 Å². The van der Waals surface area contributed by atoms with E-state index in [4.69, 9.17) is 18.0 Å². The van der Waals surface area contributed by atoms with Gasteiger partial charge < -0.3 is 10.6 Å². The zero-order valence-corrected chi connectivity index (χ0v) is 14.3. The minimum absolute atomic E-state index is 0.0766. The van der Waals surface area contributed by atoms with E-state index in [0.29, 0.717) is 24.7 Å². The maximum absolute atomic E-state index is 12.3. The van der Waals surface area contributed by atoms with Crippen molar-refractivity contribution in [1.82, 2.24) is 9.62 Å². The Morgan fingerprint density at radius 2 is 2.05 bits per heavy atom. The minimum atomic E-state index is -3.61. The molecule has 118 valence electrons. The van der Waals surface area contributed by atoms with Gasteiger partial charge in [-0.1, -0.05) is 37.3 Å². The largest absolute Gasteiger partial charge is 0.389 e. The molecule has 0 amide bonds. The van der Waals surface area contributed by atoms with Gasteiger partial charge in [0.05, 0.1) is 4.90 Å². The molecule has 1 aromatic carbocycles. The average Bonchev–Trinajstić information content (AvgIpc) is 2.46. The molecule has 1 atom stereocenters. The van der Waals surface area contributed by atoms with Gasteiger partial charge in [-0.05, 0) is 26.5 Å². The molecular formula is C14H23N3O2S2. The second-order valence-electron chi connectivity index (χ2n) is 5.00. The molecule has 0 fully saturated rings. The number of sulfonamides is 1. The summed E-state index contributed by atoms with van der Waals surface area (Å²) in [5, 5.41) is 0. The highest BCUT2D eigenvalue weighted by Crippen LogP contribution is 2.15. The number of likely N-dealkylation sites (N-methyl/N-ethyl adjacent to an activating group) is 1. The number of thiocarbonyl (C=S) groups is 1. The molecular weight excluding hydrogens is 306 g/mol. The highest BCUT2D eigenvalue weighted by molar-refractivity contribution is 7.89. The second kappa shape index (κ2) is 7.84. The molecule has 0 saturated carbocycles.